The normalized spacial score (nSPS) is 18.2. The summed E-state index contributed by atoms with van der Waals surface area (Å²) < 4.78 is 0. The van der Waals surface area contributed by atoms with Crippen LogP contribution in [-0.4, -0.2) is 47.9 Å². The van der Waals surface area contributed by atoms with Gasteiger partial charge >= 0.3 is 0 Å². The van der Waals surface area contributed by atoms with E-state index in [0.717, 1.165) is 11.9 Å². The summed E-state index contributed by atoms with van der Waals surface area (Å²) in [6.45, 7) is 11.5. The van der Waals surface area contributed by atoms with Crippen LogP contribution in [0, 0.1) is 13.8 Å². The van der Waals surface area contributed by atoms with Crippen LogP contribution in [0.3, 0.4) is 0 Å². The maximum atomic E-state index is 3.51. The summed E-state index contributed by atoms with van der Waals surface area (Å²) in [6, 6.07) is 6.85. The third kappa shape index (κ3) is 3.81. The molecule has 0 aromatic heterocycles. The molecule has 0 unspecified atom stereocenters. The first-order valence-corrected chi connectivity index (χ1v) is 7.88. The highest BCUT2D eigenvalue weighted by Crippen LogP contribution is 2.13. The van der Waals surface area contributed by atoms with E-state index in [-0.39, 0.29) is 0 Å². The smallest absolute Gasteiger partial charge is 0.0234 e. The quantitative estimate of drug-likeness (QED) is 0.789. The SMILES string of the molecule is Cc1ccc(CN2CCN(CCBr)CC2)cc1C. The molecular formula is C15H23BrN2. The Labute approximate surface area is 119 Å². The Morgan fingerprint density at radius 1 is 1.00 bits per heavy atom. The van der Waals surface area contributed by atoms with E-state index in [0.29, 0.717) is 0 Å². The van der Waals surface area contributed by atoms with Crippen molar-refractivity contribution in [1.29, 1.82) is 0 Å². The minimum absolute atomic E-state index is 1.09. The third-order valence-corrected chi connectivity index (χ3v) is 4.20. The molecule has 2 nitrogen and oxygen atoms in total. The maximum absolute atomic E-state index is 3.51. The summed E-state index contributed by atoms with van der Waals surface area (Å²) in [5, 5.41) is 1.09. The van der Waals surface area contributed by atoms with Gasteiger partial charge in [-0.1, -0.05) is 34.1 Å². The molecule has 1 aliphatic rings. The van der Waals surface area contributed by atoms with Crippen molar-refractivity contribution in [3.8, 4) is 0 Å². The van der Waals surface area contributed by atoms with Gasteiger partial charge in [-0.05, 0) is 30.5 Å². The molecule has 1 fully saturated rings. The van der Waals surface area contributed by atoms with Crippen LogP contribution in [0.15, 0.2) is 18.2 Å². The van der Waals surface area contributed by atoms with Crippen molar-refractivity contribution in [2.45, 2.75) is 20.4 Å². The second kappa shape index (κ2) is 6.69. The van der Waals surface area contributed by atoms with Crippen LogP contribution in [0.2, 0.25) is 0 Å². The number of hydrogen-bond donors (Lipinski definition) is 0. The summed E-state index contributed by atoms with van der Waals surface area (Å²) in [7, 11) is 0. The Morgan fingerprint density at radius 3 is 2.28 bits per heavy atom. The van der Waals surface area contributed by atoms with Gasteiger partial charge in [0.1, 0.15) is 0 Å². The molecular weight excluding hydrogens is 288 g/mol. The zero-order chi connectivity index (χ0) is 13.0. The molecule has 1 heterocycles. The lowest BCUT2D eigenvalue weighted by Crippen LogP contribution is -2.46. The highest BCUT2D eigenvalue weighted by Gasteiger charge is 2.16. The fourth-order valence-corrected chi connectivity index (χ4v) is 2.95. The molecule has 0 N–H and O–H groups in total. The highest BCUT2D eigenvalue weighted by molar-refractivity contribution is 9.09. The van der Waals surface area contributed by atoms with Crippen molar-refractivity contribution in [2.75, 3.05) is 38.1 Å². The van der Waals surface area contributed by atoms with Crippen molar-refractivity contribution in [3.05, 3.63) is 34.9 Å². The van der Waals surface area contributed by atoms with E-state index in [9.17, 15) is 0 Å². The minimum atomic E-state index is 1.09. The topological polar surface area (TPSA) is 6.48 Å². The fraction of sp³-hybridized carbons (Fsp3) is 0.600. The number of halogens is 1. The molecule has 0 atom stereocenters. The minimum Gasteiger partial charge on any atom is -0.300 e. The molecule has 0 aliphatic carbocycles. The van der Waals surface area contributed by atoms with Crippen LogP contribution in [0.5, 0.6) is 0 Å². The van der Waals surface area contributed by atoms with Crippen molar-refractivity contribution < 1.29 is 0 Å². The second-order valence-electron chi connectivity index (χ2n) is 5.23. The Balaban J connectivity index is 1.85. The highest BCUT2D eigenvalue weighted by atomic mass is 79.9. The van der Waals surface area contributed by atoms with E-state index < -0.39 is 0 Å². The van der Waals surface area contributed by atoms with Crippen LogP contribution < -0.4 is 0 Å². The van der Waals surface area contributed by atoms with Gasteiger partial charge in [0.25, 0.3) is 0 Å². The summed E-state index contributed by atoms with van der Waals surface area (Å²) in [4.78, 5) is 5.10. The van der Waals surface area contributed by atoms with E-state index in [1.54, 1.807) is 0 Å². The molecule has 100 valence electrons. The van der Waals surface area contributed by atoms with Gasteiger partial charge < -0.3 is 0 Å². The van der Waals surface area contributed by atoms with Gasteiger partial charge in [-0.2, -0.15) is 0 Å². The average Bonchev–Trinajstić information content (AvgIpc) is 2.37. The summed E-state index contributed by atoms with van der Waals surface area (Å²) in [6.07, 6.45) is 0. The first kappa shape index (κ1) is 14.0. The van der Waals surface area contributed by atoms with Crippen LogP contribution in [0.1, 0.15) is 16.7 Å². The molecule has 1 aromatic rings. The fourth-order valence-electron chi connectivity index (χ4n) is 2.45. The summed E-state index contributed by atoms with van der Waals surface area (Å²) in [5.74, 6) is 0. The van der Waals surface area contributed by atoms with Gasteiger partial charge in [0.2, 0.25) is 0 Å². The van der Waals surface area contributed by atoms with E-state index >= 15 is 0 Å². The van der Waals surface area contributed by atoms with Gasteiger partial charge in [0.05, 0.1) is 0 Å². The Hall–Kier alpha value is -0.380. The van der Waals surface area contributed by atoms with Crippen LogP contribution in [-0.2, 0) is 6.54 Å². The van der Waals surface area contributed by atoms with Gasteiger partial charge in [0, 0.05) is 44.6 Å². The monoisotopic (exact) mass is 310 g/mol. The molecule has 1 aliphatic heterocycles. The van der Waals surface area contributed by atoms with Crippen LogP contribution in [0.25, 0.3) is 0 Å². The van der Waals surface area contributed by atoms with E-state index in [4.69, 9.17) is 0 Å². The third-order valence-electron chi connectivity index (χ3n) is 3.84. The van der Waals surface area contributed by atoms with Crippen LogP contribution >= 0.6 is 15.9 Å². The van der Waals surface area contributed by atoms with Gasteiger partial charge in [-0.15, -0.1) is 0 Å². The molecule has 0 bridgehead atoms. The molecule has 0 amide bonds. The number of nitrogens with zero attached hydrogens (tertiary/aromatic N) is 2. The lowest BCUT2D eigenvalue weighted by Gasteiger charge is -2.34. The van der Waals surface area contributed by atoms with E-state index in [2.05, 4.69) is 57.8 Å². The standard InChI is InChI=1S/C15H23BrN2/c1-13-3-4-15(11-14(13)2)12-18-9-7-17(6-5-16)8-10-18/h3-4,11H,5-10,12H2,1-2H3. The predicted octanol–water partition coefficient (Wildman–Crippen LogP) is 2.82. The van der Waals surface area contributed by atoms with Gasteiger partial charge in [-0.3, -0.25) is 9.80 Å². The van der Waals surface area contributed by atoms with Gasteiger partial charge in [0.15, 0.2) is 0 Å². The second-order valence-corrected chi connectivity index (χ2v) is 6.02. The predicted molar refractivity (Wildman–Crippen MR) is 81.4 cm³/mol. The lowest BCUT2D eigenvalue weighted by molar-refractivity contribution is 0.133. The number of hydrogen-bond acceptors (Lipinski definition) is 2. The molecule has 18 heavy (non-hydrogen) atoms. The number of rotatable bonds is 4. The first-order chi connectivity index (χ1) is 8.69. The number of piperazine rings is 1. The molecule has 0 spiro atoms. The Kier molecular flexibility index (Phi) is 5.22. The van der Waals surface area contributed by atoms with Crippen molar-refractivity contribution >= 4 is 15.9 Å². The molecule has 0 saturated carbocycles. The van der Waals surface area contributed by atoms with Crippen molar-refractivity contribution in [2.24, 2.45) is 0 Å². The molecule has 1 saturated heterocycles. The van der Waals surface area contributed by atoms with Crippen molar-refractivity contribution in [3.63, 3.8) is 0 Å². The maximum Gasteiger partial charge on any atom is 0.0234 e. The lowest BCUT2D eigenvalue weighted by atomic mass is 10.1. The average molecular weight is 311 g/mol. The van der Waals surface area contributed by atoms with Crippen molar-refractivity contribution in [1.82, 2.24) is 9.80 Å². The molecule has 2 rings (SSSR count). The zero-order valence-electron chi connectivity index (χ0n) is 11.5. The van der Waals surface area contributed by atoms with Gasteiger partial charge in [-0.25, -0.2) is 0 Å². The first-order valence-electron chi connectivity index (χ1n) is 6.76. The summed E-state index contributed by atoms with van der Waals surface area (Å²) in [5.41, 5.74) is 4.25. The van der Waals surface area contributed by atoms with Crippen LogP contribution in [0.4, 0.5) is 0 Å². The number of alkyl halides is 1. The molecule has 0 radical (unpaired) electrons. The number of benzene rings is 1. The Morgan fingerprint density at radius 2 is 1.67 bits per heavy atom. The number of aryl methyl sites for hydroxylation is 2. The largest absolute Gasteiger partial charge is 0.300 e. The van der Waals surface area contributed by atoms with E-state index in [1.807, 2.05) is 0 Å². The molecule has 1 aromatic carbocycles. The van der Waals surface area contributed by atoms with E-state index in [1.165, 1.54) is 49.4 Å². The summed E-state index contributed by atoms with van der Waals surface area (Å²) >= 11 is 3.51. The Bertz CT molecular complexity index is 384. The molecule has 3 heteroatoms. The zero-order valence-corrected chi connectivity index (χ0v) is 13.0.